The molecule has 0 aromatic heterocycles. The smallest absolute Gasteiger partial charge is 0.00852 e. The Bertz CT molecular complexity index is 516. The van der Waals surface area contributed by atoms with E-state index in [1.165, 1.54) is 51.4 Å². The van der Waals surface area contributed by atoms with Gasteiger partial charge in [0.25, 0.3) is 0 Å². The van der Waals surface area contributed by atoms with Crippen molar-refractivity contribution in [1.82, 2.24) is 0 Å². The van der Waals surface area contributed by atoms with Gasteiger partial charge in [0, 0.05) is 0 Å². The normalized spacial score (nSPS) is 44.6. The zero-order valence-electron chi connectivity index (χ0n) is 20.9. The minimum Gasteiger partial charge on any atom is -0.0990 e. The van der Waals surface area contributed by atoms with Crippen LogP contribution in [0, 0.1) is 52.3 Å². The first-order chi connectivity index (χ1) is 13.1. The molecule has 0 aromatic rings. The molecule has 3 rings (SSSR count). The molecular weight excluding hydrogens is 348 g/mol. The van der Waals surface area contributed by atoms with Gasteiger partial charge in [-0.1, -0.05) is 88.3 Å². The molecule has 0 heterocycles. The monoisotopic (exact) mass is 404 g/mol. The first-order valence-corrected chi connectivity index (χ1v) is 12.8. The van der Waals surface area contributed by atoms with Gasteiger partial charge in [0.15, 0.2) is 0 Å². The second kappa shape index (κ2) is 10.4. The Hall–Kier alpha value is -0.260. The molecule has 0 bridgehead atoms. The van der Waals surface area contributed by atoms with Crippen molar-refractivity contribution >= 4 is 0 Å². The fraction of sp³-hybridized carbons (Fsp3) is 0.931. The van der Waals surface area contributed by atoms with Crippen molar-refractivity contribution in [3.05, 3.63) is 12.2 Å². The predicted octanol–water partition coefficient (Wildman–Crippen LogP) is 9.79. The van der Waals surface area contributed by atoms with E-state index in [1.807, 2.05) is 13.8 Å². The Morgan fingerprint density at radius 2 is 1.59 bits per heavy atom. The van der Waals surface area contributed by atoms with Crippen LogP contribution in [-0.4, -0.2) is 0 Å². The second-order valence-corrected chi connectivity index (χ2v) is 11.5. The first kappa shape index (κ1) is 26.8. The molecule has 3 aliphatic carbocycles. The molecule has 8 atom stereocenters. The maximum absolute atomic E-state index is 4.70. The van der Waals surface area contributed by atoms with E-state index in [0.29, 0.717) is 16.7 Å². The van der Waals surface area contributed by atoms with Crippen LogP contribution in [0.15, 0.2) is 12.2 Å². The Labute approximate surface area is 185 Å². The highest BCUT2D eigenvalue weighted by atomic mass is 14.6. The molecule has 3 aliphatic rings. The fourth-order valence-corrected chi connectivity index (χ4v) is 7.94. The van der Waals surface area contributed by atoms with Gasteiger partial charge in [-0.05, 0) is 97.2 Å². The molecule has 3 fully saturated rings. The molecule has 0 spiro atoms. The zero-order chi connectivity index (χ0) is 21.3. The summed E-state index contributed by atoms with van der Waals surface area (Å²) in [6, 6.07) is 0. The minimum absolute atomic E-state index is 0. The van der Waals surface area contributed by atoms with E-state index in [0.717, 1.165) is 35.5 Å². The van der Waals surface area contributed by atoms with Gasteiger partial charge in [0.1, 0.15) is 0 Å². The Morgan fingerprint density at radius 1 is 0.966 bits per heavy atom. The molecule has 0 amide bonds. The van der Waals surface area contributed by atoms with Gasteiger partial charge < -0.3 is 0 Å². The third-order valence-corrected chi connectivity index (χ3v) is 9.93. The van der Waals surface area contributed by atoms with Gasteiger partial charge in [0.05, 0.1) is 0 Å². The van der Waals surface area contributed by atoms with Crippen LogP contribution in [0.1, 0.15) is 121 Å². The van der Waals surface area contributed by atoms with Crippen molar-refractivity contribution in [3.8, 4) is 0 Å². The van der Waals surface area contributed by atoms with Gasteiger partial charge in [-0.3, -0.25) is 0 Å². The van der Waals surface area contributed by atoms with Crippen LogP contribution in [0.25, 0.3) is 0 Å². The summed E-state index contributed by atoms with van der Waals surface area (Å²) in [5.74, 6) is 6.13. The zero-order valence-corrected chi connectivity index (χ0v) is 20.9. The Balaban J connectivity index is 0.00000136. The lowest BCUT2D eigenvalue weighted by Gasteiger charge is -2.57. The summed E-state index contributed by atoms with van der Waals surface area (Å²) in [6.45, 7) is 26.2. The lowest BCUT2D eigenvalue weighted by molar-refractivity contribution is -0.0452. The average Bonchev–Trinajstić information content (AvgIpc) is 3.00. The number of fused-ring (bicyclic) bond motifs is 1. The molecule has 172 valence electrons. The molecule has 0 saturated heterocycles. The molecule has 3 saturated carbocycles. The molecule has 29 heavy (non-hydrogen) atoms. The van der Waals surface area contributed by atoms with Crippen molar-refractivity contribution in [1.29, 1.82) is 0 Å². The predicted molar refractivity (Wildman–Crippen MR) is 133 cm³/mol. The SMILES string of the molecule is C.C=C1C(C)C(C)CCC1(C)C1CCC2(C)C(CC(C)C)CCC2C1CC.CC. The lowest BCUT2D eigenvalue weighted by atomic mass is 9.48. The van der Waals surface area contributed by atoms with Gasteiger partial charge >= 0.3 is 0 Å². The topological polar surface area (TPSA) is 0 Å². The van der Waals surface area contributed by atoms with Crippen molar-refractivity contribution in [3.63, 3.8) is 0 Å². The van der Waals surface area contributed by atoms with E-state index in [-0.39, 0.29) is 7.43 Å². The van der Waals surface area contributed by atoms with Crippen LogP contribution in [0.2, 0.25) is 0 Å². The molecule has 0 heteroatoms. The third-order valence-electron chi connectivity index (χ3n) is 9.93. The Morgan fingerprint density at radius 3 is 2.14 bits per heavy atom. The highest BCUT2D eigenvalue weighted by molar-refractivity contribution is 5.20. The van der Waals surface area contributed by atoms with Crippen molar-refractivity contribution in [2.75, 3.05) is 0 Å². The summed E-state index contributed by atoms with van der Waals surface area (Å²) in [5, 5.41) is 0. The second-order valence-electron chi connectivity index (χ2n) is 11.5. The number of hydrogen-bond donors (Lipinski definition) is 0. The highest BCUT2D eigenvalue weighted by Crippen LogP contribution is 2.65. The summed E-state index contributed by atoms with van der Waals surface area (Å²) in [4.78, 5) is 0. The van der Waals surface area contributed by atoms with E-state index < -0.39 is 0 Å². The maximum Gasteiger partial charge on any atom is -0.00852 e. The Kier molecular flexibility index (Phi) is 9.57. The number of allylic oxidation sites excluding steroid dienone is 1. The summed E-state index contributed by atoms with van der Waals surface area (Å²) >= 11 is 0. The standard InChI is InChI=1S/C26H46.C2H6.CH4/c1-9-22-23-11-10-21(16-17(2)3)26(23,8)15-13-24(22)25(7)14-12-18(4)19(5)20(25)6;1-2;/h17-19,21-24H,6,9-16H2,1-5,7-8H3;1-2H3;1H4. The summed E-state index contributed by atoms with van der Waals surface area (Å²) in [7, 11) is 0. The fourth-order valence-electron chi connectivity index (χ4n) is 7.94. The van der Waals surface area contributed by atoms with Crippen molar-refractivity contribution in [2.45, 2.75) is 121 Å². The maximum atomic E-state index is 4.70. The lowest BCUT2D eigenvalue weighted by Crippen LogP contribution is -2.49. The van der Waals surface area contributed by atoms with E-state index in [2.05, 4.69) is 48.5 Å². The van der Waals surface area contributed by atoms with Gasteiger partial charge in [-0.15, -0.1) is 0 Å². The average molecular weight is 405 g/mol. The molecule has 0 aliphatic heterocycles. The van der Waals surface area contributed by atoms with Gasteiger partial charge in [-0.2, -0.15) is 0 Å². The van der Waals surface area contributed by atoms with E-state index in [9.17, 15) is 0 Å². The summed E-state index contributed by atoms with van der Waals surface area (Å²) in [5.41, 5.74) is 2.61. The van der Waals surface area contributed by atoms with Crippen LogP contribution in [0.3, 0.4) is 0 Å². The quantitative estimate of drug-likeness (QED) is 0.409. The number of rotatable bonds is 4. The highest BCUT2D eigenvalue weighted by Gasteiger charge is 2.57. The first-order valence-electron chi connectivity index (χ1n) is 12.8. The van der Waals surface area contributed by atoms with E-state index in [1.54, 1.807) is 5.57 Å². The van der Waals surface area contributed by atoms with Crippen LogP contribution in [0.4, 0.5) is 0 Å². The molecule has 8 unspecified atom stereocenters. The third kappa shape index (κ3) is 4.67. The largest absolute Gasteiger partial charge is 0.0990 e. The summed E-state index contributed by atoms with van der Waals surface area (Å²) in [6.07, 6.45) is 11.5. The van der Waals surface area contributed by atoms with E-state index in [4.69, 9.17) is 6.58 Å². The molecule has 0 nitrogen and oxygen atoms in total. The molecule has 0 aromatic carbocycles. The summed E-state index contributed by atoms with van der Waals surface area (Å²) < 4.78 is 0. The van der Waals surface area contributed by atoms with Crippen molar-refractivity contribution < 1.29 is 0 Å². The minimum atomic E-state index is 0. The van der Waals surface area contributed by atoms with Crippen LogP contribution in [-0.2, 0) is 0 Å². The van der Waals surface area contributed by atoms with E-state index >= 15 is 0 Å². The molecule has 0 N–H and O–H groups in total. The van der Waals surface area contributed by atoms with Crippen LogP contribution >= 0.6 is 0 Å². The van der Waals surface area contributed by atoms with Gasteiger partial charge in [-0.25, -0.2) is 0 Å². The number of hydrogen-bond acceptors (Lipinski definition) is 0. The molecule has 0 radical (unpaired) electrons. The van der Waals surface area contributed by atoms with Crippen molar-refractivity contribution in [2.24, 2.45) is 52.3 Å². The molecular formula is C29H56. The van der Waals surface area contributed by atoms with Crippen LogP contribution in [0.5, 0.6) is 0 Å². The van der Waals surface area contributed by atoms with Crippen LogP contribution < -0.4 is 0 Å². The van der Waals surface area contributed by atoms with Gasteiger partial charge in [0.2, 0.25) is 0 Å².